The van der Waals surface area contributed by atoms with Gasteiger partial charge in [0.15, 0.2) is 0 Å². The Hall–Kier alpha value is -2.12. The van der Waals surface area contributed by atoms with Crippen molar-refractivity contribution in [1.82, 2.24) is 0 Å². The van der Waals surface area contributed by atoms with Crippen LogP contribution in [0.25, 0.3) is 0 Å². The zero-order valence-electron chi connectivity index (χ0n) is 10.5. The molecule has 0 aliphatic heterocycles. The number of hydrogen-bond donors (Lipinski definition) is 2. The summed E-state index contributed by atoms with van der Waals surface area (Å²) in [6.45, 7) is 0. The Kier molecular flexibility index (Phi) is 4.44. The van der Waals surface area contributed by atoms with E-state index >= 15 is 0 Å². The second-order valence-corrected chi connectivity index (χ2v) is 5.37. The summed E-state index contributed by atoms with van der Waals surface area (Å²) >= 11 is 9.15. The molecule has 0 fully saturated rings. The average Bonchev–Trinajstić information content (AvgIpc) is 2.43. The van der Waals surface area contributed by atoms with Crippen molar-refractivity contribution in [3.8, 4) is 0 Å². The Balaban J connectivity index is 2.23. The second kappa shape index (κ2) is 6.11. The predicted octanol–water partition coefficient (Wildman–Crippen LogP) is 3.85. The highest BCUT2D eigenvalue weighted by molar-refractivity contribution is 9.10. The fourth-order valence-corrected chi connectivity index (χ4v) is 2.07. The Bertz CT molecular complexity index is 737. The van der Waals surface area contributed by atoms with Crippen LogP contribution in [0.3, 0.4) is 0 Å². The predicted molar refractivity (Wildman–Crippen MR) is 84.6 cm³/mol. The van der Waals surface area contributed by atoms with Gasteiger partial charge >= 0.3 is 0 Å². The number of carbonyl (C=O) groups excluding carboxylic acids is 1. The van der Waals surface area contributed by atoms with E-state index in [4.69, 9.17) is 17.3 Å². The smallest absolute Gasteiger partial charge is 0.271 e. The molecule has 0 heterocycles. The van der Waals surface area contributed by atoms with Gasteiger partial charge in [0.25, 0.3) is 11.6 Å². The lowest BCUT2D eigenvalue weighted by Crippen LogP contribution is -2.12. The average molecular weight is 371 g/mol. The van der Waals surface area contributed by atoms with Crippen LogP contribution in [0.4, 0.5) is 17.1 Å². The summed E-state index contributed by atoms with van der Waals surface area (Å²) in [6.07, 6.45) is 0. The van der Waals surface area contributed by atoms with Crippen LogP contribution in [-0.2, 0) is 0 Å². The van der Waals surface area contributed by atoms with Gasteiger partial charge in [-0.25, -0.2) is 0 Å². The number of non-ortho nitro benzene ring substituents is 1. The molecule has 0 radical (unpaired) electrons. The number of nitro groups is 1. The third-order valence-corrected chi connectivity index (χ3v) is 3.70. The molecule has 3 N–H and O–H groups in total. The zero-order valence-corrected chi connectivity index (χ0v) is 12.8. The number of benzene rings is 2. The van der Waals surface area contributed by atoms with Crippen LogP contribution in [0.1, 0.15) is 10.4 Å². The van der Waals surface area contributed by atoms with E-state index in [9.17, 15) is 14.9 Å². The molecular formula is C13H9BrClN3O3. The molecule has 21 heavy (non-hydrogen) atoms. The van der Waals surface area contributed by atoms with Gasteiger partial charge in [-0.2, -0.15) is 0 Å². The Labute approximate surface area is 133 Å². The number of nitro benzene ring substituents is 1. The summed E-state index contributed by atoms with van der Waals surface area (Å²) in [5.41, 5.74) is 6.63. The SMILES string of the molecule is Nc1cc(C(=O)Nc2ccc([N+](=O)[O-])cc2Cl)ccc1Br. The molecule has 0 unspecified atom stereocenters. The number of nitrogens with zero attached hydrogens (tertiary/aromatic N) is 1. The van der Waals surface area contributed by atoms with Crippen molar-refractivity contribution >= 4 is 50.5 Å². The molecule has 0 aromatic heterocycles. The molecule has 6 nitrogen and oxygen atoms in total. The summed E-state index contributed by atoms with van der Waals surface area (Å²) in [5.74, 6) is -0.412. The van der Waals surface area contributed by atoms with Gasteiger partial charge in [0, 0.05) is 27.9 Å². The molecule has 8 heteroatoms. The number of carbonyl (C=O) groups is 1. The van der Waals surface area contributed by atoms with E-state index in [1.807, 2.05) is 0 Å². The van der Waals surface area contributed by atoms with Gasteiger partial charge in [-0.15, -0.1) is 0 Å². The molecule has 108 valence electrons. The van der Waals surface area contributed by atoms with Gasteiger partial charge in [-0.3, -0.25) is 14.9 Å². The van der Waals surface area contributed by atoms with Crippen molar-refractivity contribution < 1.29 is 9.72 Å². The summed E-state index contributed by atoms with van der Waals surface area (Å²) in [6, 6.07) is 8.57. The molecule has 0 bridgehead atoms. The molecule has 0 spiro atoms. The number of rotatable bonds is 3. The normalized spacial score (nSPS) is 10.2. The van der Waals surface area contributed by atoms with Crippen molar-refractivity contribution in [3.05, 3.63) is 61.6 Å². The first-order chi connectivity index (χ1) is 9.88. The molecular weight excluding hydrogens is 362 g/mol. The number of halogens is 2. The Morgan fingerprint density at radius 2 is 2.00 bits per heavy atom. The maximum Gasteiger partial charge on any atom is 0.271 e. The van der Waals surface area contributed by atoms with E-state index in [2.05, 4.69) is 21.2 Å². The van der Waals surface area contributed by atoms with Crippen LogP contribution in [-0.4, -0.2) is 10.8 Å². The van der Waals surface area contributed by atoms with E-state index < -0.39 is 10.8 Å². The minimum atomic E-state index is -0.563. The third kappa shape index (κ3) is 3.50. The molecule has 2 rings (SSSR count). The first-order valence-corrected chi connectivity index (χ1v) is 6.86. The van der Waals surface area contributed by atoms with Crippen LogP contribution < -0.4 is 11.1 Å². The quantitative estimate of drug-likeness (QED) is 0.487. The van der Waals surface area contributed by atoms with Crippen molar-refractivity contribution in [2.75, 3.05) is 11.1 Å². The number of amides is 1. The number of anilines is 2. The maximum absolute atomic E-state index is 12.1. The highest BCUT2D eigenvalue weighted by Crippen LogP contribution is 2.27. The molecule has 0 saturated carbocycles. The van der Waals surface area contributed by atoms with Gasteiger partial charge in [-0.1, -0.05) is 11.6 Å². The third-order valence-electron chi connectivity index (χ3n) is 2.67. The van der Waals surface area contributed by atoms with Gasteiger partial charge in [0.05, 0.1) is 15.6 Å². The van der Waals surface area contributed by atoms with Crippen LogP contribution in [0, 0.1) is 10.1 Å². The van der Waals surface area contributed by atoms with Crippen molar-refractivity contribution in [2.24, 2.45) is 0 Å². The molecule has 2 aromatic rings. The lowest BCUT2D eigenvalue weighted by atomic mass is 10.2. The van der Waals surface area contributed by atoms with E-state index in [0.717, 1.165) is 0 Å². The van der Waals surface area contributed by atoms with Gasteiger partial charge in [0.1, 0.15) is 0 Å². The fraction of sp³-hybridized carbons (Fsp3) is 0. The number of nitrogen functional groups attached to an aromatic ring is 1. The minimum Gasteiger partial charge on any atom is -0.398 e. The first kappa shape index (κ1) is 15.3. The van der Waals surface area contributed by atoms with Gasteiger partial charge < -0.3 is 11.1 Å². The summed E-state index contributed by atoms with van der Waals surface area (Å²) in [7, 11) is 0. The van der Waals surface area contributed by atoms with E-state index in [-0.39, 0.29) is 16.4 Å². The van der Waals surface area contributed by atoms with E-state index in [0.29, 0.717) is 15.7 Å². The highest BCUT2D eigenvalue weighted by Gasteiger charge is 2.13. The van der Waals surface area contributed by atoms with E-state index in [1.54, 1.807) is 12.1 Å². The lowest BCUT2D eigenvalue weighted by Gasteiger charge is -2.08. The van der Waals surface area contributed by atoms with Gasteiger partial charge in [0.2, 0.25) is 0 Å². The van der Waals surface area contributed by atoms with Crippen LogP contribution in [0.5, 0.6) is 0 Å². The maximum atomic E-state index is 12.1. The van der Waals surface area contributed by atoms with Gasteiger partial charge in [-0.05, 0) is 40.2 Å². The van der Waals surface area contributed by atoms with Crippen LogP contribution in [0.15, 0.2) is 40.9 Å². The molecule has 0 saturated heterocycles. The van der Waals surface area contributed by atoms with Crippen LogP contribution >= 0.6 is 27.5 Å². The minimum absolute atomic E-state index is 0.0858. The fourth-order valence-electron chi connectivity index (χ4n) is 1.60. The standard InChI is InChI=1S/C13H9BrClN3O3/c14-9-3-1-7(5-11(9)16)13(19)17-12-4-2-8(18(20)21)6-10(12)15/h1-6H,16H2,(H,17,19). The van der Waals surface area contributed by atoms with Crippen molar-refractivity contribution in [2.45, 2.75) is 0 Å². The van der Waals surface area contributed by atoms with Crippen molar-refractivity contribution in [3.63, 3.8) is 0 Å². The summed E-state index contributed by atoms with van der Waals surface area (Å²) in [4.78, 5) is 22.1. The molecule has 2 aromatic carbocycles. The Morgan fingerprint density at radius 3 is 2.57 bits per heavy atom. The molecule has 0 aliphatic carbocycles. The monoisotopic (exact) mass is 369 g/mol. The largest absolute Gasteiger partial charge is 0.398 e. The summed E-state index contributed by atoms with van der Waals surface area (Å²) in [5, 5.41) is 13.3. The van der Waals surface area contributed by atoms with Crippen molar-refractivity contribution in [1.29, 1.82) is 0 Å². The highest BCUT2D eigenvalue weighted by atomic mass is 79.9. The zero-order chi connectivity index (χ0) is 15.6. The number of nitrogens with two attached hydrogens (primary N) is 1. The van der Waals surface area contributed by atoms with Crippen LogP contribution in [0.2, 0.25) is 5.02 Å². The summed E-state index contributed by atoms with van der Waals surface area (Å²) < 4.78 is 0.687. The van der Waals surface area contributed by atoms with E-state index in [1.165, 1.54) is 24.3 Å². The Morgan fingerprint density at radius 1 is 1.29 bits per heavy atom. The topological polar surface area (TPSA) is 98.3 Å². The molecule has 1 amide bonds. The number of hydrogen-bond acceptors (Lipinski definition) is 4. The lowest BCUT2D eigenvalue weighted by molar-refractivity contribution is -0.384. The number of nitrogens with one attached hydrogen (secondary N) is 1. The second-order valence-electron chi connectivity index (χ2n) is 4.11. The molecule has 0 atom stereocenters. The molecule has 0 aliphatic rings. The first-order valence-electron chi connectivity index (χ1n) is 5.69.